The number of methoxy groups -OCH3 is 6. The molecule has 238 valence electrons. The first-order chi connectivity index (χ1) is 21.4. The van der Waals surface area contributed by atoms with Crippen molar-refractivity contribution >= 4 is 0 Å². The molecule has 0 aromatic heterocycles. The van der Waals surface area contributed by atoms with Crippen LogP contribution in [-0.4, -0.2) is 42.7 Å². The molecular weight excluding hydrogens is 552 g/mol. The van der Waals surface area contributed by atoms with Crippen LogP contribution in [0.4, 0.5) is 0 Å². The third-order valence-electron chi connectivity index (χ3n) is 10.1. The van der Waals surface area contributed by atoms with E-state index in [1.807, 2.05) is 0 Å². The molecule has 0 atom stereocenters. The maximum atomic E-state index is 5.97. The van der Waals surface area contributed by atoms with E-state index in [9.17, 15) is 0 Å². The molecule has 6 nitrogen and oxygen atoms in total. The lowest BCUT2D eigenvalue weighted by atomic mass is 9.45. The Bertz CT molecular complexity index is 1210. The van der Waals surface area contributed by atoms with Gasteiger partial charge in [0.25, 0.3) is 0 Å². The van der Waals surface area contributed by atoms with E-state index in [4.69, 9.17) is 28.4 Å². The van der Waals surface area contributed by atoms with Gasteiger partial charge in [-0.1, -0.05) is 65.2 Å². The van der Waals surface area contributed by atoms with Crippen LogP contribution in [0.25, 0.3) is 0 Å². The molecule has 6 rings (SSSR count). The number of hydrogen-bond donors (Lipinski definition) is 0. The topological polar surface area (TPSA) is 55.4 Å². The zero-order valence-electron chi connectivity index (χ0n) is 28.0. The van der Waals surface area contributed by atoms with Gasteiger partial charge >= 0.3 is 0 Å². The van der Waals surface area contributed by atoms with Gasteiger partial charge in [-0.2, -0.15) is 0 Å². The third kappa shape index (κ3) is 4.76. The summed E-state index contributed by atoms with van der Waals surface area (Å²) >= 11 is 0. The normalized spacial score (nSPS) is 19.1. The fourth-order valence-electron chi connectivity index (χ4n) is 8.07. The molecular formula is C38H50O6. The lowest BCUT2D eigenvalue weighted by Gasteiger charge is -2.57. The zero-order chi connectivity index (χ0) is 31.5. The van der Waals surface area contributed by atoms with Crippen molar-refractivity contribution in [2.24, 2.45) is 0 Å². The van der Waals surface area contributed by atoms with Crippen LogP contribution in [0, 0.1) is 0 Å². The summed E-state index contributed by atoms with van der Waals surface area (Å²) in [6, 6.07) is 13.5. The fraction of sp³-hybridized carbons (Fsp3) is 0.526. The molecule has 0 radical (unpaired) electrons. The lowest BCUT2D eigenvalue weighted by molar-refractivity contribution is 0.332. The highest BCUT2D eigenvalue weighted by Gasteiger charge is 2.59. The van der Waals surface area contributed by atoms with E-state index in [-0.39, 0.29) is 0 Å². The molecule has 3 aromatic rings. The SMILES string of the molecule is CCCCCCC12c3cc(OC)c(OC)cc3C(CCCCCC)(c3cc(OC)c(OC)cc31)c1cc(OC)c(OC)cc12. The Morgan fingerprint density at radius 3 is 0.773 bits per heavy atom. The van der Waals surface area contributed by atoms with E-state index in [1.165, 1.54) is 59.1 Å². The number of unbranched alkanes of at least 4 members (excludes halogenated alkanes) is 6. The van der Waals surface area contributed by atoms with Crippen molar-refractivity contribution in [3.8, 4) is 34.5 Å². The van der Waals surface area contributed by atoms with Crippen molar-refractivity contribution in [1.29, 1.82) is 0 Å². The summed E-state index contributed by atoms with van der Waals surface area (Å²) in [5, 5.41) is 0. The standard InChI is InChI=1S/C38H50O6/c1-9-11-13-15-17-37-25-19-31(39-3)34(42-6)22-28(25)38(18-16-14-12-10-2,29-23-35(43-7)32(40-4)20-26(29)37)30-24-36(44-8)33(41-5)21-27(30)37/h19-24H,9-18H2,1-8H3. The highest BCUT2D eigenvalue weighted by molar-refractivity contribution is 5.79. The van der Waals surface area contributed by atoms with Gasteiger partial charge in [0.05, 0.1) is 42.7 Å². The smallest absolute Gasteiger partial charge is 0.161 e. The van der Waals surface area contributed by atoms with Crippen LogP contribution in [0.1, 0.15) is 111 Å². The Hall–Kier alpha value is -3.54. The summed E-state index contributed by atoms with van der Waals surface area (Å²) in [5.41, 5.74) is 6.75. The molecule has 3 aliphatic carbocycles. The number of ether oxygens (including phenoxy) is 6. The molecule has 0 saturated heterocycles. The van der Waals surface area contributed by atoms with E-state index in [0.29, 0.717) is 0 Å². The summed E-state index contributed by atoms with van der Waals surface area (Å²) in [5.74, 6) is 4.48. The van der Waals surface area contributed by atoms with Gasteiger partial charge in [0.2, 0.25) is 0 Å². The molecule has 0 amide bonds. The van der Waals surface area contributed by atoms with Gasteiger partial charge in [0, 0.05) is 10.8 Å². The minimum Gasteiger partial charge on any atom is -0.493 e. The van der Waals surface area contributed by atoms with Crippen LogP contribution in [-0.2, 0) is 10.8 Å². The second-order valence-electron chi connectivity index (χ2n) is 12.2. The number of rotatable bonds is 16. The monoisotopic (exact) mass is 602 g/mol. The molecule has 0 unspecified atom stereocenters. The van der Waals surface area contributed by atoms with Gasteiger partial charge in [-0.05, 0) is 82.6 Å². The van der Waals surface area contributed by atoms with Crippen LogP contribution in [0.2, 0.25) is 0 Å². The summed E-state index contributed by atoms with van der Waals surface area (Å²) in [4.78, 5) is 0. The highest BCUT2D eigenvalue weighted by atomic mass is 16.5. The van der Waals surface area contributed by atoms with Gasteiger partial charge in [-0.15, -0.1) is 0 Å². The average molecular weight is 603 g/mol. The van der Waals surface area contributed by atoms with Crippen LogP contribution in [0.3, 0.4) is 0 Å². The van der Waals surface area contributed by atoms with Crippen molar-refractivity contribution in [2.45, 2.75) is 88.9 Å². The molecule has 0 heterocycles. The van der Waals surface area contributed by atoms with Crippen LogP contribution >= 0.6 is 0 Å². The molecule has 0 N–H and O–H groups in total. The molecule has 3 aliphatic rings. The first kappa shape index (κ1) is 31.9. The maximum Gasteiger partial charge on any atom is 0.161 e. The quantitative estimate of drug-likeness (QED) is 0.153. The summed E-state index contributed by atoms with van der Waals surface area (Å²) in [7, 11) is 10.4. The van der Waals surface area contributed by atoms with Crippen molar-refractivity contribution in [2.75, 3.05) is 42.7 Å². The van der Waals surface area contributed by atoms with Crippen molar-refractivity contribution < 1.29 is 28.4 Å². The Morgan fingerprint density at radius 2 is 0.591 bits per heavy atom. The minimum absolute atomic E-state index is 0.461. The van der Waals surface area contributed by atoms with Gasteiger partial charge in [0.1, 0.15) is 0 Å². The first-order valence-electron chi connectivity index (χ1n) is 16.3. The Labute approximate surface area is 264 Å². The summed E-state index contributed by atoms with van der Waals surface area (Å²) in [6.07, 6.45) is 11.1. The third-order valence-corrected chi connectivity index (χ3v) is 10.1. The number of hydrogen-bond acceptors (Lipinski definition) is 6. The Balaban J connectivity index is 1.96. The average Bonchev–Trinajstić information content (AvgIpc) is 3.07. The van der Waals surface area contributed by atoms with Crippen molar-refractivity contribution in [3.05, 3.63) is 69.8 Å². The van der Waals surface area contributed by atoms with Crippen LogP contribution in [0.15, 0.2) is 36.4 Å². The molecule has 6 heteroatoms. The first-order valence-corrected chi connectivity index (χ1v) is 16.3. The van der Waals surface area contributed by atoms with Gasteiger partial charge in [-0.3, -0.25) is 0 Å². The van der Waals surface area contributed by atoms with E-state index in [1.54, 1.807) is 42.7 Å². The Morgan fingerprint density at radius 1 is 0.364 bits per heavy atom. The second-order valence-corrected chi connectivity index (χ2v) is 12.2. The van der Waals surface area contributed by atoms with Crippen LogP contribution < -0.4 is 28.4 Å². The highest BCUT2D eigenvalue weighted by Crippen LogP contribution is 2.68. The predicted molar refractivity (Wildman–Crippen MR) is 176 cm³/mol. The molecule has 0 fully saturated rings. The maximum absolute atomic E-state index is 5.97. The summed E-state index contributed by atoms with van der Waals surface area (Å²) < 4.78 is 35.8. The van der Waals surface area contributed by atoms with Crippen molar-refractivity contribution in [1.82, 2.24) is 0 Å². The molecule has 2 bridgehead atoms. The Kier molecular flexibility index (Phi) is 9.57. The van der Waals surface area contributed by atoms with E-state index >= 15 is 0 Å². The molecule has 3 aromatic carbocycles. The zero-order valence-corrected chi connectivity index (χ0v) is 28.0. The number of benzene rings is 3. The van der Waals surface area contributed by atoms with Crippen LogP contribution in [0.5, 0.6) is 34.5 Å². The molecule has 44 heavy (non-hydrogen) atoms. The van der Waals surface area contributed by atoms with E-state index < -0.39 is 10.8 Å². The largest absolute Gasteiger partial charge is 0.493 e. The van der Waals surface area contributed by atoms with Gasteiger partial charge in [-0.25, -0.2) is 0 Å². The molecule has 0 aliphatic heterocycles. The fourth-order valence-corrected chi connectivity index (χ4v) is 8.07. The lowest BCUT2D eigenvalue weighted by Crippen LogP contribution is -2.51. The van der Waals surface area contributed by atoms with E-state index in [0.717, 1.165) is 73.0 Å². The minimum atomic E-state index is -0.461. The van der Waals surface area contributed by atoms with Gasteiger partial charge in [0.15, 0.2) is 34.5 Å². The van der Waals surface area contributed by atoms with E-state index in [2.05, 4.69) is 50.2 Å². The predicted octanol–water partition coefficient (Wildman–Crippen LogP) is 8.97. The summed E-state index contributed by atoms with van der Waals surface area (Å²) in [6.45, 7) is 4.52. The second kappa shape index (κ2) is 13.2. The molecule has 0 spiro atoms. The van der Waals surface area contributed by atoms with Gasteiger partial charge < -0.3 is 28.4 Å². The molecule has 0 saturated carbocycles. The van der Waals surface area contributed by atoms with Crippen molar-refractivity contribution in [3.63, 3.8) is 0 Å².